The van der Waals surface area contributed by atoms with Gasteiger partial charge in [-0.25, -0.2) is 0 Å². The number of nitrogens with two attached hydrogens (primary N) is 1. The number of ether oxygens (including phenoxy) is 2. The van der Waals surface area contributed by atoms with Gasteiger partial charge in [0.1, 0.15) is 12.6 Å². The minimum absolute atomic E-state index is 0.0668. The third-order valence-corrected chi connectivity index (χ3v) is 3.92. The number of amides is 1. The minimum atomic E-state index is -0.161. The van der Waals surface area contributed by atoms with Gasteiger partial charge in [-0.15, -0.1) is 0 Å². The highest BCUT2D eigenvalue weighted by atomic mass is 16.5. The van der Waals surface area contributed by atoms with Crippen molar-refractivity contribution >= 4 is 11.6 Å². The van der Waals surface area contributed by atoms with Crippen molar-refractivity contribution in [2.45, 2.75) is 31.7 Å². The Hall–Kier alpha value is -2.38. The molecule has 0 bridgehead atoms. The summed E-state index contributed by atoms with van der Waals surface area (Å²) in [6.07, 6.45) is 3.72. The lowest BCUT2D eigenvalue weighted by molar-refractivity contribution is -0.127. The van der Waals surface area contributed by atoms with Crippen LogP contribution in [0.15, 0.2) is 42.7 Å². The second kappa shape index (κ2) is 7.94. The molecular weight excluding hydrogens is 308 g/mol. The number of nitrogen functional groups attached to an aromatic ring is 1. The monoisotopic (exact) mass is 330 g/mol. The molecule has 128 valence electrons. The first-order valence-electron chi connectivity index (χ1n) is 8.01. The van der Waals surface area contributed by atoms with Crippen LogP contribution in [-0.4, -0.2) is 41.0 Å². The molecule has 1 fully saturated rings. The lowest BCUT2D eigenvalue weighted by Gasteiger charge is -2.32. The van der Waals surface area contributed by atoms with Crippen molar-refractivity contribution in [2.75, 3.05) is 18.9 Å². The molecule has 7 nitrogen and oxygen atoms in total. The zero-order valence-electron chi connectivity index (χ0n) is 13.4. The van der Waals surface area contributed by atoms with Crippen molar-refractivity contribution in [3.8, 4) is 0 Å². The number of nitrogens with zero attached hydrogens (tertiary/aromatic N) is 2. The summed E-state index contributed by atoms with van der Waals surface area (Å²) in [5, 5.41) is 7.04. The van der Waals surface area contributed by atoms with E-state index in [1.807, 2.05) is 30.3 Å². The van der Waals surface area contributed by atoms with Gasteiger partial charge < -0.3 is 20.5 Å². The molecule has 0 radical (unpaired) electrons. The molecule has 1 aromatic carbocycles. The summed E-state index contributed by atoms with van der Waals surface area (Å²) in [6, 6.07) is 9.88. The third kappa shape index (κ3) is 4.56. The normalized spacial score (nSPS) is 20.7. The second-order valence-electron chi connectivity index (χ2n) is 5.84. The van der Waals surface area contributed by atoms with Crippen LogP contribution in [0.3, 0.4) is 0 Å². The summed E-state index contributed by atoms with van der Waals surface area (Å²) in [6.45, 7) is 1.73. The lowest BCUT2D eigenvalue weighted by Crippen LogP contribution is -2.50. The molecule has 2 heterocycles. The van der Waals surface area contributed by atoms with E-state index in [0.29, 0.717) is 25.5 Å². The molecule has 1 saturated heterocycles. The SMILES string of the molecule is Nc1cnn(CC(=O)N[C@@H]2CCOC[C@H]2OCc2ccccc2)c1. The maximum Gasteiger partial charge on any atom is 0.242 e. The van der Waals surface area contributed by atoms with Crippen LogP contribution in [0.2, 0.25) is 0 Å². The van der Waals surface area contributed by atoms with Crippen LogP contribution in [0, 0.1) is 0 Å². The van der Waals surface area contributed by atoms with Crippen molar-refractivity contribution in [2.24, 2.45) is 0 Å². The smallest absolute Gasteiger partial charge is 0.242 e. The van der Waals surface area contributed by atoms with Crippen LogP contribution >= 0.6 is 0 Å². The van der Waals surface area contributed by atoms with Crippen LogP contribution in [0.25, 0.3) is 0 Å². The zero-order valence-corrected chi connectivity index (χ0v) is 13.4. The van der Waals surface area contributed by atoms with Gasteiger partial charge in [-0.1, -0.05) is 30.3 Å². The minimum Gasteiger partial charge on any atom is -0.396 e. The molecule has 0 saturated carbocycles. The number of benzene rings is 1. The van der Waals surface area contributed by atoms with E-state index in [2.05, 4.69) is 10.4 Å². The highest BCUT2D eigenvalue weighted by molar-refractivity contribution is 5.76. The maximum atomic E-state index is 12.2. The van der Waals surface area contributed by atoms with Crippen LogP contribution in [0.4, 0.5) is 5.69 Å². The second-order valence-corrected chi connectivity index (χ2v) is 5.84. The van der Waals surface area contributed by atoms with Gasteiger partial charge in [0.15, 0.2) is 0 Å². The van der Waals surface area contributed by atoms with Gasteiger partial charge in [-0.05, 0) is 12.0 Å². The molecule has 1 amide bonds. The van der Waals surface area contributed by atoms with Crippen LogP contribution in [-0.2, 0) is 27.4 Å². The van der Waals surface area contributed by atoms with Crippen molar-refractivity contribution in [3.63, 3.8) is 0 Å². The summed E-state index contributed by atoms with van der Waals surface area (Å²) in [4.78, 5) is 12.2. The first kappa shape index (κ1) is 16.5. The van der Waals surface area contributed by atoms with Gasteiger partial charge in [0.2, 0.25) is 5.91 Å². The number of carbonyl (C=O) groups is 1. The van der Waals surface area contributed by atoms with Crippen molar-refractivity contribution in [1.82, 2.24) is 15.1 Å². The van der Waals surface area contributed by atoms with E-state index in [1.165, 1.54) is 10.9 Å². The highest BCUT2D eigenvalue weighted by Gasteiger charge is 2.28. The average Bonchev–Trinajstić information content (AvgIpc) is 3.00. The van der Waals surface area contributed by atoms with Crippen LogP contribution in [0.1, 0.15) is 12.0 Å². The predicted molar refractivity (Wildman–Crippen MR) is 89.0 cm³/mol. The summed E-state index contributed by atoms with van der Waals surface area (Å²) >= 11 is 0. The van der Waals surface area contributed by atoms with Gasteiger partial charge >= 0.3 is 0 Å². The molecule has 1 aliphatic heterocycles. The van der Waals surface area contributed by atoms with Gasteiger partial charge in [-0.2, -0.15) is 5.10 Å². The first-order chi connectivity index (χ1) is 11.7. The molecular formula is C17H22N4O3. The lowest BCUT2D eigenvalue weighted by atomic mass is 10.1. The van der Waals surface area contributed by atoms with E-state index in [0.717, 1.165) is 12.0 Å². The Morgan fingerprint density at radius 1 is 1.42 bits per heavy atom. The fourth-order valence-electron chi connectivity index (χ4n) is 2.68. The molecule has 0 aliphatic carbocycles. The number of nitrogens with one attached hydrogen (secondary N) is 1. The van der Waals surface area contributed by atoms with Gasteiger partial charge in [0.05, 0.1) is 31.1 Å². The Kier molecular flexibility index (Phi) is 5.45. The van der Waals surface area contributed by atoms with Crippen molar-refractivity contribution in [3.05, 3.63) is 48.3 Å². The topological polar surface area (TPSA) is 91.4 Å². The van der Waals surface area contributed by atoms with E-state index in [-0.39, 0.29) is 24.6 Å². The number of carbonyl (C=O) groups excluding carboxylic acids is 1. The van der Waals surface area contributed by atoms with Crippen LogP contribution in [0.5, 0.6) is 0 Å². The average molecular weight is 330 g/mol. The quantitative estimate of drug-likeness (QED) is 0.823. The molecule has 3 N–H and O–H groups in total. The number of hydrogen-bond donors (Lipinski definition) is 2. The van der Waals surface area contributed by atoms with Gasteiger partial charge in [-0.3, -0.25) is 9.48 Å². The van der Waals surface area contributed by atoms with Crippen LogP contribution < -0.4 is 11.1 Å². The van der Waals surface area contributed by atoms with Crippen molar-refractivity contribution in [1.29, 1.82) is 0 Å². The number of rotatable bonds is 6. The Morgan fingerprint density at radius 3 is 3.00 bits per heavy atom. The highest BCUT2D eigenvalue weighted by Crippen LogP contribution is 2.14. The Balaban J connectivity index is 1.52. The molecule has 2 aromatic rings. The van der Waals surface area contributed by atoms with Gasteiger partial charge in [0, 0.05) is 12.8 Å². The Bertz CT molecular complexity index is 659. The molecule has 0 unspecified atom stereocenters. The third-order valence-electron chi connectivity index (χ3n) is 3.92. The van der Waals surface area contributed by atoms with E-state index in [1.54, 1.807) is 6.20 Å². The fourth-order valence-corrected chi connectivity index (χ4v) is 2.68. The largest absolute Gasteiger partial charge is 0.396 e. The molecule has 7 heteroatoms. The standard InChI is InChI=1S/C17H22N4O3/c18-14-8-19-21(9-14)10-17(22)20-15-6-7-23-12-16(15)24-11-13-4-2-1-3-5-13/h1-5,8-9,15-16H,6-7,10-12,18H2,(H,20,22)/t15-,16-/m1/s1. The predicted octanol–water partition coefficient (Wildman–Crippen LogP) is 0.956. The number of hydrogen-bond acceptors (Lipinski definition) is 5. The zero-order chi connectivity index (χ0) is 16.8. The summed E-state index contributed by atoms with van der Waals surface area (Å²) in [5.74, 6) is -0.113. The van der Waals surface area contributed by atoms with E-state index < -0.39 is 0 Å². The Labute approximate surface area is 140 Å². The number of anilines is 1. The molecule has 0 spiro atoms. The first-order valence-corrected chi connectivity index (χ1v) is 8.01. The van der Waals surface area contributed by atoms with E-state index in [4.69, 9.17) is 15.2 Å². The summed E-state index contributed by atoms with van der Waals surface area (Å²) in [7, 11) is 0. The molecule has 24 heavy (non-hydrogen) atoms. The molecule has 1 aliphatic rings. The maximum absolute atomic E-state index is 12.2. The van der Waals surface area contributed by atoms with Crippen molar-refractivity contribution < 1.29 is 14.3 Å². The Morgan fingerprint density at radius 2 is 2.25 bits per heavy atom. The number of aromatic nitrogens is 2. The molecule has 1 aromatic heterocycles. The van der Waals surface area contributed by atoms with E-state index >= 15 is 0 Å². The van der Waals surface area contributed by atoms with E-state index in [9.17, 15) is 4.79 Å². The fraction of sp³-hybridized carbons (Fsp3) is 0.412. The summed E-state index contributed by atoms with van der Waals surface area (Å²) in [5.41, 5.74) is 7.24. The summed E-state index contributed by atoms with van der Waals surface area (Å²) < 4.78 is 13.0. The molecule has 3 rings (SSSR count). The molecule has 2 atom stereocenters. The van der Waals surface area contributed by atoms with Gasteiger partial charge in [0.25, 0.3) is 0 Å².